The van der Waals surface area contributed by atoms with Gasteiger partial charge in [0.25, 0.3) is 0 Å². The van der Waals surface area contributed by atoms with Crippen molar-refractivity contribution in [2.45, 2.75) is 26.1 Å². The Morgan fingerprint density at radius 2 is 1.91 bits per heavy atom. The third-order valence-corrected chi connectivity index (χ3v) is 5.72. The van der Waals surface area contributed by atoms with Gasteiger partial charge in [-0.05, 0) is 55.0 Å². The third kappa shape index (κ3) is 5.70. The molecule has 1 saturated heterocycles. The number of nitrogens with one attached hydrogen (secondary N) is 1. The Morgan fingerprint density at radius 3 is 2.57 bits per heavy atom. The molecule has 1 fully saturated rings. The van der Waals surface area contributed by atoms with E-state index >= 15 is 0 Å². The predicted octanol–water partition coefficient (Wildman–Crippen LogP) is 4.84. The van der Waals surface area contributed by atoms with E-state index in [1.54, 1.807) is 48.2 Å². The number of imide groups is 1. The molecule has 180 valence electrons. The van der Waals surface area contributed by atoms with Crippen LogP contribution in [0.4, 0.5) is 10.6 Å². The van der Waals surface area contributed by atoms with E-state index < -0.39 is 12.1 Å². The van der Waals surface area contributed by atoms with E-state index in [0.717, 1.165) is 5.56 Å². The van der Waals surface area contributed by atoms with Crippen LogP contribution in [0.15, 0.2) is 66.9 Å². The van der Waals surface area contributed by atoms with Crippen molar-refractivity contribution >= 4 is 35.3 Å². The zero-order chi connectivity index (χ0) is 24.9. The standard InChI is InChI=1S/C25H23ClN4O5/c1-2-29-23(31)13-22(30(25(29)34)15-16-6-8-18(26)9-7-16)28-21-11-10-20(14-27-21)35-19-5-3-4-17(12-19)24(32)33/h3-12,14,22H,2,13,15H2,1H3,(H,27,28)(H,32,33). The van der Waals surface area contributed by atoms with E-state index in [1.165, 1.54) is 23.2 Å². The zero-order valence-electron chi connectivity index (χ0n) is 18.8. The summed E-state index contributed by atoms with van der Waals surface area (Å²) in [6, 6.07) is 16.3. The first-order valence-corrected chi connectivity index (χ1v) is 11.3. The second kappa shape index (κ2) is 10.4. The summed E-state index contributed by atoms with van der Waals surface area (Å²) in [7, 11) is 0. The Hall–Kier alpha value is -4.11. The van der Waals surface area contributed by atoms with Crippen molar-refractivity contribution in [3.63, 3.8) is 0 Å². The molecule has 10 heteroatoms. The molecule has 1 aliphatic rings. The number of rotatable bonds is 8. The molecule has 1 unspecified atom stereocenters. The number of aromatic carboxylic acids is 1. The number of amides is 3. The summed E-state index contributed by atoms with van der Waals surface area (Å²) in [6.45, 7) is 2.34. The number of benzene rings is 2. The number of nitrogens with zero attached hydrogens (tertiary/aromatic N) is 3. The lowest BCUT2D eigenvalue weighted by molar-refractivity contribution is -0.132. The lowest BCUT2D eigenvalue weighted by Gasteiger charge is -2.40. The van der Waals surface area contributed by atoms with Gasteiger partial charge in [0.15, 0.2) is 0 Å². The maximum absolute atomic E-state index is 13.1. The Balaban J connectivity index is 1.49. The summed E-state index contributed by atoms with van der Waals surface area (Å²) in [6.07, 6.45) is 0.971. The third-order valence-electron chi connectivity index (χ3n) is 5.47. The fraction of sp³-hybridized carbons (Fsp3) is 0.200. The molecular formula is C25H23ClN4O5. The molecule has 9 nitrogen and oxygen atoms in total. The smallest absolute Gasteiger partial charge is 0.335 e. The molecule has 35 heavy (non-hydrogen) atoms. The molecule has 2 N–H and O–H groups in total. The number of pyridine rings is 1. The lowest BCUT2D eigenvalue weighted by atomic mass is 10.1. The van der Waals surface area contributed by atoms with E-state index in [2.05, 4.69) is 10.3 Å². The molecule has 0 radical (unpaired) electrons. The van der Waals surface area contributed by atoms with Crippen molar-refractivity contribution in [2.24, 2.45) is 0 Å². The number of aromatic nitrogens is 1. The van der Waals surface area contributed by atoms with E-state index in [4.69, 9.17) is 21.4 Å². The van der Waals surface area contributed by atoms with Crippen LogP contribution in [0.3, 0.4) is 0 Å². The van der Waals surface area contributed by atoms with Crippen molar-refractivity contribution in [2.75, 3.05) is 11.9 Å². The Kier molecular flexibility index (Phi) is 7.17. The summed E-state index contributed by atoms with van der Waals surface area (Å²) in [5, 5.41) is 12.9. The second-order valence-corrected chi connectivity index (χ2v) is 8.29. The van der Waals surface area contributed by atoms with Crippen molar-refractivity contribution < 1.29 is 24.2 Å². The van der Waals surface area contributed by atoms with Gasteiger partial charge in [0.1, 0.15) is 23.5 Å². The number of halogens is 1. The fourth-order valence-corrected chi connectivity index (χ4v) is 3.84. The number of urea groups is 1. The average Bonchev–Trinajstić information content (AvgIpc) is 2.84. The summed E-state index contributed by atoms with van der Waals surface area (Å²) >= 11 is 5.98. The van der Waals surface area contributed by atoms with E-state index in [9.17, 15) is 14.4 Å². The van der Waals surface area contributed by atoms with Gasteiger partial charge < -0.3 is 15.2 Å². The normalized spacial score (nSPS) is 15.8. The van der Waals surface area contributed by atoms with Gasteiger partial charge in [0.05, 0.1) is 18.2 Å². The van der Waals surface area contributed by atoms with Crippen LogP contribution in [0.25, 0.3) is 0 Å². The van der Waals surface area contributed by atoms with Gasteiger partial charge in [-0.1, -0.05) is 29.8 Å². The molecule has 1 aliphatic heterocycles. The maximum atomic E-state index is 13.1. The number of carboxylic acids is 1. The largest absolute Gasteiger partial charge is 0.478 e. The molecular weight excluding hydrogens is 472 g/mol. The highest BCUT2D eigenvalue weighted by Gasteiger charge is 2.38. The van der Waals surface area contributed by atoms with Gasteiger partial charge in [-0.2, -0.15) is 0 Å². The maximum Gasteiger partial charge on any atom is 0.335 e. The molecule has 2 aromatic carbocycles. The predicted molar refractivity (Wildman–Crippen MR) is 130 cm³/mol. The first kappa shape index (κ1) is 24.0. The molecule has 0 aliphatic carbocycles. The van der Waals surface area contributed by atoms with Gasteiger partial charge in [-0.15, -0.1) is 0 Å². The number of anilines is 1. The lowest BCUT2D eigenvalue weighted by Crippen LogP contribution is -2.58. The monoisotopic (exact) mass is 494 g/mol. The van der Waals surface area contributed by atoms with E-state index in [0.29, 0.717) is 28.9 Å². The first-order chi connectivity index (χ1) is 16.8. The number of hydrogen-bond donors (Lipinski definition) is 2. The number of hydrogen-bond acceptors (Lipinski definition) is 6. The first-order valence-electron chi connectivity index (χ1n) is 10.9. The van der Waals surface area contributed by atoms with Gasteiger partial charge >= 0.3 is 12.0 Å². The average molecular weight is 495 g/mol. The van der Waals surface area contributed by atoms with Crippen molar-refractivity contribution in [1.29, 1.82) is 0 Å². The molecule has 0 saturated carbocycles. The number of carboxylic acid groups (broad SMARTS) is 1. The molecule has 1 aromatic heterocycles. The van der Waals surface area contributed by atoms with E-state index in [1.807, 2.05) is 12.1 Å². The van der Waals surface area contributed by atoms with Crippen molar-refractivity contribution in [3.8, 4) is 11.5 Å². The highest BCUT2D eigenvalue weighted by atomic mass is 35.5. The van der Waals surface area contributed by atoms with Gasteiger partial charge in [0.2, 0.25) is 5.91 Å². The fourth-order valence-electron chi connectivity index (χ4n) is 3.71. The van der Waals surface area contributed by atoms with Crippen LogP contribution in [0.5, 0.6) is 11.5 Å². The molecule has 1 atom stereocenters. The highest BCUT2D eigenvalue weighted by molar-refractivity contribution is 6.30. The molecule has 3 amide bonds. The zero-order valence-corrected chi connectivity index (χ0v) is 19.6. The van der Waals surface area contributed by atoms with Gasteiger partial charge in [-0.25, -0.2) is 14.6 Å². The van der Waals surface area contributed by atoms with Crippen LogP contribution < -0.4 is 10.1 Å². The topological polar surface area (TPSA) is 112 Å². The van der Waals surface area contributed by atoms with Crippen LogP contribution in [0.2, 0.25) is 5.02 Å². The Labute approximate surface area is 206 Å². The molecule has 0 bridgehead atoms. The quantitative estimate of drug-likeness (QED) is 0.461. The van der Waals surface area contributed by atoms with Crippen LogP contribution in [0.1, 0.15) is 29.3 Å². The number of carbonyl (C=O) groups excluding carboxylic acids is 2. The van der Waals surface area contributed by atoms with Crippen LogP contribution >= 0.6 is 11.6 Å². The van der Waals surface area contributed by atoms with Crippen LogP contribution in [0, 0.1) is 0 Å². The van der Waals surface area contributed by atoms with Gasteiger partial charge in [0, 0.05) is 18.1 Å². The summed E-state index contributed by atoms with van der Waals surface area (Å²) < 4.78 is 5.70. The molecule has 4 rings (SSSR count). The van der Waals surface area contributed by atoms with Crippen molar-refractivity contribution in [3.05, 3.63) is 83.0 Å². The Morgan fingerprint density at radius 1 is 1.14 bits per heavy atom. The number of ether oxygens (including phenoxy) is 1. The minimum atomic E-state index is -1.05. The summed E-state index contributed by atoms with van der Waals surface area (Å²) in [5.41, 5.74) is 0.988. The number of carbonyl (C=O) groups is 3. The molecule has 2 heterocycles. The minimum Gasteiger partial charge on any atom is -0.478 e. The van der Waals surface area contributed by atoms with Gasteiger partial charge in [-0.3, -0.25) is 14.6 Å². The second-order valence-electron chi connectivity index (χ2n) is 7.85. The van der Waals surface area contributed by atoms with E-state index in [-0.39, 0.29) is 30.5 Å². The SMILES string of the molecule is CCN1C(=O)CC(Nc2ccc(Oc3cccc(C(=O)O)c3)cn2)N(Cc2ccc(Cl)cc2)C1=O. The van der Waals surface area contributed by atoms with Crippen LogP contribution in [-0.2, 0) is 11.3 Å². The minimum absolute atomic E-state index is 0.0923. The summed E-state index contributed by atoms with van der Waals surface area (Å²) in [4.78, 5) is 43.9. The Bertz CT molecular complexity index is 1230. The summed E-state index contributed by atoms with van der Waals surface area (Å²) in [5.74, 6) is -0.0860. The van der Waals surface area contributed by atoms with Crippen LogP contribution in [-0.4, -0.2) is 50.5 Å². The highest BCUT2D eigenvalue weighted by Crippen LogP contribution is 2.25. The molecule has 0 spiro atoms. The molecule has 3 aromatic rings. The van der Waals surface area contributed by atoms with Crippen molar-refractivity contribution in [1.82, 2.24) is 14.8 Å².